The van der Waals surface area contributed by atoms with Crippen LogP contribution in [-0.4, -0.2) is 63.0 Å². The van der Waals surface area contributed by atoms with Gasteiger partial charge in [0.25, 0.3) is 0 Å². The number of aryl methyl sites for hydroxylation is 1. The number of piperidine rings is 1. The van der Waals surface area contributed by atoms with Crippen LogP contribution in [0.1, 0.15) is 49.3 Å². The van der Waals surface area contributed by atoms with E-state index >= 15 is 4.39 Å². The number of nitrogens with one attached hydrogen (secondary N) is 1. The molecule has 6 rings (SSSR count). The Morgan fingerprint density at radius 3 is 2.77 bits per heavy atom. The third kappa shape index (κ3) is 4.15. The summed E-state index contributed by atoms with van der Waals surface area (Å²) in [7, 11) is 2.17. The zero-order valence-corrected chi connectivity index (χ0v) is 20.3. The molecule has 182 valence electrons. The molecule has 3 aromatic heterocycles. The zero-order valence-electron chi connectivity index (χ0n) is 20.3. The average Bonchev–Trinajstić information content (AvgIpc) is 3.64. The van der Waals surface area contributed by atoms with Crippen molar-refractivity contribution in [1.29, 1.82) is 0 Å². The number of halogens is 1. The number of nitrogens with zero attached hydrogens (tertiary/aromatic N) is 5. The van der Waals surface area contributed by atoms with E-state index < -0.39 is 0 Å². The molecule has 0 saturated carbocycles. The average molecular weight is 475 g/mol. The maximum atomic E-state index is 15.3. The van der Waals surface area contributed by atoms with Crippen LogP contribution in [-0.2, 0) is 11.2 Å². The van der Waals surface area contributed by atoms with Crippen LogP contribution in [0.25, 0.3) is 33.5 Å². The van der Waals surface area contributed by atoms with Crippen LogP contribution in [0, 0.1) is 5.82 Å². The third-order valence-corrected chi connectivity index (χ3v) is 7.59. The first-order chi connectivity index (χ1) is 17.1. The van der Waals surface area contributed by atoms with Gasteiger partial charge in [-0.05, 0) is 69.1 Å². The van der Waals surface area contributed by atoms with Crippen molar-refractivity contribution < 1.29 is 9.13 Å². The van der Waals surface area contributed by atoms with Crippen LogP contribution in [0.3, 0.4) is 0 Å². The maximum Gasteiger partial charge on any atom is 0.156 e. The van der Waals surface area contributed by atoms with E-state index in [-0.39, 0.29) is 11.7 Å². The fourth-order valence-corrected chi connectivity index (χ4v) is 5.52. The number of aromatic amines is 1. The predicted octanol–water partition coefficient (Wildman–Crippen LogP) is 4.96. The molecule has 2 aliphatic heterocycles. The van der Waals surface area contributed by atoms with Gasteiger partial charge in [0.1, 0.15) is 11.3 Å². The molecule has 2 aliphatic rings. The second-order valence-corrected chi connectivity index (χ2v) is 9.84. The summed E-state index contributed by atoms with van der Waals surface area (Å²) < 4.78 is 22.9. The lowest BCUT2D eigenvalue weighted by Gasteiger charge is -2.28. The van der Waals surface area contributed by atoms with Gasteiger partial charge >= 0.3 is 0 Å². The third-order valence-electron chi connectivity index (χ3n) is 7.59. The topological polar surface area (TPSA) is 71.9 Å². The van der Waals surface area contributed by atoms with Gasteiger partial charge in [0.15, 0.2) is 5.65 Å². The highest BCUT2D eigenvalue weighted by atomic mass is 19.1. The molecule has 7 nitrogen and oxygen atoms in total. The number of benzene rings is 1. The second-order valence-electron chi connectivity index (χ2n) is 9.84. The summed E-state index contributed by atoms with van der Waals surface area (Å²) in [6.07, 6.45) is 11.5. The second kappa shape index (κ2) is 9.17. The van der Waals surface area contributed by atoms with Crippen molar-refractivity contribution in [2.75, 3.05) is 33.4 Å². The molecule has 1 atom stereocenters. The summed E-state index contributed by atoms with van der Waals surface area (Å²) in [6.45, 7) is 5.53. The maximum absolute atomic E-state index is 15.3. The van der Waals surface area contributed by atoms with Gasteiger partial charge in [0.2, 0.25) is 0 Å². The first-order valence-corrected chi connectivity index (χ1v) is 12.6. The quantitative estimate of drug-likeness (QED) is 0.443. The van der Waals surface area contributed by atoms with E-state index in [1.165, 1.54) is 0 Å². The summed E-state index contributed by atoms with van der Waals surface area (Å²) in [4.78, 5) is 15.1. The molecule has 35 heavy (non-hydrogen) atoms. The van der Waals surface area contributed by atoms with Crippen molar-refractivity contribution in [3.8, 4) is 22.4 Å². The fraction of sp³-hybridized carbons (Fsp3) is 0.444. The summed E-state index contributed by atoms with van der Waals surface area (Å²) >= 11 is 0. The van der Waals surface area contributed by atoms with Crippen LogP contribution in [0.4, 0.5) is 4.39 Å². The summed E-state index contributed by atoms with van der Waals surface area (Å²) in [6, 6.07) is 4.09. The van der Waals surface area contributed by atoms with Crippen molar-refractivity contribution in [2.45, 2.75) is 44.6 Å². The Bertz CT molecular complexity index is 1350. The Kier molecular flexibility index (Phi) is 5.86. The molecule has 0 bridgehead atoms. The van der Waals surface area contributed by atoms with E-state index in [1.54, 1.807) is 12.3 Å². The largest absolute Gasteiger partial charge is 0.381 e. The number of rotatable bonds is 5. The number of aromatic nitrogens is 5. The van der Waals surface area contributed by atoms with Gasteiger partial charge in [-0.25, -0.2) is 14.4 Å². The number of likely N-dealkylation sites (tertiary alicyclic amines) is 1. The lowest BCUT2D eigenvalue weighted by molar-refractivity contribution is 0.193. The lowest BCUT2D eigenvalue weighted by atomic mass is 9.90. The van der Waals surface area contributed by atoms with Crippen LogP contribution in [0.2, 0.25) is 0 Å². The SMILES string of the molecule is CCc1cc(-c2cnc3[nH]cc(-c4cnn(C5CCN(C)CC5)c4)c3n2)cc(F)c1C1CCOC1. The van der Waals surface area contributed by atoms with Crippen LogP contribution >= 0.6 is 0 Å². The minimum atomic E-state index is -0.176. The number of hydrogen-bond donors (Lipinski definition) is 1. The fourth-order valence-electron chi connectivity index (χ4n) is 5.52. The van der Waals surface area contributed by atoms with E-state index in [1.807, 2.05) is 12.4 Å². The van der Waals surface area contributed by atoms with Crippen molar-refractivity contribution >= 4 is 11.2 Å². The van der Waals surface area contributed by atoms with Gasteiger partial charge in [0, 0.05) is 41.6 Å². The van der Waals surface area contributed by atoms with Crippen LogP contribution in [0.15, 0.2) is 36.9 Å². The molecular weight excluding hydrogens is 443 g/mol. The van der Waals surface area contributed by atoms with E-state index in [9.17, 15) is 0 Å². The Hall–Kier alpha value is -3.10. The van der Waals surface area contributed by atoms with Gasteiger partial charge in [-0.15, -0.1) is 0 Å². The van der Waals surface area contributed by atoms with Gasteiger partial charge in [-0.3, -0.25) is 4.68 Å². The Labute approximate surface area is 204 Å². The number of ether oxygens (including phenoxy) is 1. The van der Waals surface area contributed by atoms with Crippen molar-refractivity contribution in [3.63, 3.8) is 0 Å². The zero-order chi connectivity index (χ0) is 23.9. The number of hydrogen-bond acceptors (Lipinski definition) is 5. The smallest absolute Gasteiger partial charge is 0.156 e. The molecule has 8 heteroatoms. The highest BCUT2D eigenvalue weighted by molar-refractivity contribution is 5.91. The monoisotopic (exact) mass is 474 g/mol. The molecule has 0 aliphatic carbocycles. The van der Waals surface area contributed by atoms with Crippen LogP contribution < -0.4 is 0 Å². The highest BCUT2D eigenvalue weighted by Crippen LogP contribution is 2.35. The van der Waals surface area contributed by atoms with Crippen LogP contribution in [0.5, 0.6) is 0 Å². The van der Waals surface area contributed by atoms with Crippen molar-refractivity contribution in [1.82, 2.24) is 29.6 Å². The summed E-state index contributed by atoms with van der Waals surface area (Å²) in [5.74, 6) is -0.0459. The van der Waals surface area contributed by atoms with Gasteiger partial charge < -0.3 is 14.6 Å². The lowest BCUT2D eigenvalue weighted by Crippen LogP contribution is -2.31. The standard InChI is InChI=1S/C27H31FN6O/c1-3-17-10-19(11-23(28)25(17)18-6-9-35-16-18)24-14-30-27-26(32-24)22(13-29-27)20-12-31-34(15-20)21-4-7-33(2)8-5-21/h10-15,18,21H,3-9,16H2,1-2H3,(H,29,30). The predicted molar refractivity (Wildman–Crippen MR) is 134 cm³/mol. The number of fused-ring (bicyclic) bond motifs is 1. The molecule has 0 spiro atoms. The molecule has 2 fully saturated rings. The van der Waals surface area contributed by atoms with Gasteiger partial charge in [-0.2, -0.15) is 5.10 Å². The van der Waals surface area contributed by atoms with Crippen molar-refractivity contribution in [2.24, 2.45) is 0 Å². The molecule has 0 amide bonds. The van der Waals surface area contributed by atoms with Gasteiger partial charge in [0.05, 0.1) is 30.7 Å². The molecule has 2 saturated heterocycles. The van der Waals surface area contributed by atoms with Gasteiger partial charge in [-0.1, -0.05) is 6.92 Å². The highest BCUT2D eigenvalue weighted by Gasteiger charge is 2.25. The molecular formula is C27H31FN6O. The first-order valence-electron chi connectivity index (χ1n) is 12.6. The minimum Gasteiger partial charge on any atom is -0.381 e. The Morgan fingerprint density at radius 2 is 2.00 bits per heavy atom. The Balaban J connectivity index is 1.34. The normalized spacial score (nSPS) is 19.7. The molecule has 5 heterocycles. The molecule has 1 aromatic carbocycles. The van der Waals surface area contributed by atoms with Crippen molar-refractivity contribution in [3.05, 3.63) is 53.9 Å². The first kappa shape index (κ1) is 22.4. The van der Waals surface area contributed by atoms with E-state index in [4.69, 9.17) is 9.72 Å². The molecule has 1 unspecified atom stereocenters. The van der Waals surface area contributed by atoms with E-state index in [2.05, 4.69) is 50.9 Å². The summed E-state index contributed by atoms with van der Waals surface area (Å²) in [5.41, 5.74) is 6.71. The Morgan fingerprint density at radius 1 is 1.14 bits per heavy atom. The molecule has 4 aromatic rings. The molecule has 0 radical (unpaired) electrons. The van der Waals surface area contributed by atoms with E-state index in [0.29, 0.717) is 30.6 Å². The van der Waals surface area contributed by atoms with E-state index in [0.717, 1.165) is 72.1 Å². The minimum absolute atomic E-state index is 0.130. The molecule has 1 N–H and O–H groups in total. The summed E-state index contributed by atoms with van der Waals surface area (Å²) in [5, 5.41) is 4.67. The number of H-pyrrole nitrogens is 1.